The number of aromatic hydroxyl groups is 1. The minimum Gasteiger partial charge on any atom is -0.507 e. The van der Waals surface area contributed by atoms with Gasteiger partial charge in [-0.2, -0.15) is 5.10 Å². The summed E-state index contributed by atoms with van der Waals surface area (Å²) < 4.78 is 0. The Labute approximate surface area is 182 Å². The molecule has 10 heteroatoms. The molecule has 0 saturated carbocycles. The quantitative estimate of drug-likeness (QED) is 0.333. The van der Waals surface area contributed by atoms with Crippen LogP contribution in [0.15, 0.2) is 60.0 Å². The highest BCUT2D eigenvalue weighted by Gasteiger charge is 2.14. The van der Waals surface area contributed by atoms with Gasteiger partial charge >= 0.3 is 0 Å². The summed E-state index contributed by atoms with van der Waals surface area (Å²) in [6, 6.07) is 10.0. The van der Waals surface area contributed by atoms with Crippen molar-refractivity contribution in [2.45, 2.75) is 13.8 Å². The number of para-hydroxylation sites is 1. The van der Waals surface area contributed by atoms with Gasteiger partial charge in [0.2, 0.25) is 11.0 Å². The number of carbonyl (C=O) groups is 2. The SMILES string of the molecule is CC(=O)NNc1nc(C)c(C(C=Cc2ccccc2O)=NNC(=O)c2ccncc2)s1. The van der Waals surface area contributed by atoms with Crippen LogP contribution in [0.5, 0.6) is 5.75 Å². The zero-order chi connectivity index (χ0) is 22.2. The van der Waals surface area contributed by atoms with Gasteiger partial charge in [-0.25, -0.2) is 10.4 Å². The van der Waals surface area contributed by atoms with Gasteiger partial charge in [-0.1, -0.05) is 29.5 Å². The Morgan fingerprint density at radius 1 is 1.16 bits per heavy atom. The first kappa shape index (κ1) is 21.7. The van der Waals surface area contributed by atoms with E-state index in [0.29, 0.717) is 32.5 Å². The molecule has 0 spiro atoms. The first-order chi connectivity index (χ1) is 14.9. The predicted molar refractivity (Wildman–Crippen MR) is 120 cm³/mol. The van der Waals surface area contributed by atoms with Crippen molar-refractivity contribution < 1.29 is 14.7 Å². The number of aryl methyl sites for hydroxylation is 1. The second-order valence-electron chi connectivity index (χ2n) is 6.31. The number of thiazole rings is 1. The molecule has 0 unspecified atom stereocenters. The summed E-state index contributed by atoms with van der Waals surface area (Å²) in [5, 5.41) is 14.7. The molecule has 0 aliphatic heterocycles. The van der Waals surface area contributed by atoms with Crippen LogP contribution in [0.3, 0.4) is 0 Å². The van der Waals surface area contributed by atoms with Crippen LogP contribution in [0, 0.1) is 6.92 Å². The monoisotopic (exact) mass is 436 g/mol. The number of anilines is 1. The van der Waals surface area contributed by atoms with E-state index in [1.54, 1.807) is 55.5 Å². The third-order valence-electron chi connectivity index (χ3n) is 3.95. The van der Waals surface area contributed by atoms with Gasteiger partial charge in [-0.05, 0) is 37.3 Å². The Balaban J connectivity index is 1.91. The lowest BCUT2D eigenvalue weighted by Gasteiger charge is -2.03. The van der Waals surface area contributed by atoms with Crippen LogP contribution in [-0.2, 0) is 4.79 Å². The molecule has 4 N–H and O–H groups in total. The van der Waals surface area contributed by atoms with Crippen molar-refractivity contribution in [1.82, 2.24) is 20.8 Å². The fourth-order valence-electron chi connectivity index (χ4n) is 2.47. The molecule has 1 aromatic carbocycles. The highest BCUT2D eigenvalue weighted by Crippen LogP contribution is 2.24. The zero-order valence-electron chi connectivity index (χ0n) is 16.8. The van der Waals surface area contributed by atoms with E-state index in [9.17, 15) is 14.7 Å². The number of hydrogen-bond acceptors (Lipinski definition) is 8. The average Bonchev–Trinajstić information content (AvgIpc) is 3.14. The van der Waals surface area contributed by atoms with E-state index in [1.807, 2.05) is 0 Å². The Kier molecular flexibility index (Phi) is 7.07. The number of amides is 2. The standard InChI is InChI=1S/C21H20N6O3S/c1-13-19(31-21(23-13)27-24-14(2)28)17(8-7-15-5-3-4-6-18(15)29)25-26-20(30)16-9-11-22-12-10-16/h3-12,29H,1-2H3,(H,23,27)(H,24,28)(H,26,30). The number of nitrogens with one attached hydrogen (secondary N) is 3. The summed E-state index contributed by atoms with van der Waals surface area (Å²) in [5.74, 6) is -0.532. The summed E-state index contributed by atoms with van der Waals surface area (Å²) in [4.78, 5) is 32.5. The molecule has 2 amide bonds. The molecule has 0 bridgehead atoms. The van der Waals surface area contributed by atoms with Gasteiger partial charge in [0.1, 0.15) is 11.5 Å². The molecular formula is C21H20N6O3S. The van der Waals surface area contributed by atoms with E-state index in [2.05, 4.69) is 31.3 Å². The molecule has 3 rings (SSSR count). The van der Waals surface area contributed by atoms with Gasteiger partial charge in [0.25, 0.3) is 5.91 Å². The molecule has 31 heavy (non-hydrogen) atoms. The number of rotatable bonds is 7. The van der Waals surface area contributed by atoms with Gasteiger partial charge in [0.15, 0.2) is 0 Å². The molecule has 158 valence electrons. The normalized spacial score (nSPS) is 11.4. The maximum absolute atomic E-state index is 12.4. The number of carbonyl (C=O) groups excluding carboxylic acids is 2. The van der Waals surface area contributed by atoms with Crippen molar-refractivity contribution in [3.8, 4) is 5.75 Å². The lowest BCUT2D eigenvalue weighted by molar-refractivity contribution is -0.118. The molecule has 0 radical (unpaired) electrons. The van der Waals surface area contributed by atoms with Crippen molar-refractivity contribution in [3.05, 3.63) is 76.6 Å². The maximum atomic E-state index is 12.4. The minimum atomic E-state index is -0.394. The number of hydrazine groups is 1. The summed E-state index contributed by atoms with van der Waals surface area (Å²) >= 11 is 1.25. The van der Waals surface area contributed by atoms with Gasteiger partial charge in [-0.15, -0.1) is 0 Å². The molecule has 0 aliphatic rings. The van der Waals surface area contributed by atoms with Crippen molar-refractivity contribution in [2.24, 2.45) is 5.10 Å². The number of allylic oxidation sites excluding steroid dienone is 1. The van der Waals surface area contributed by atoms with Gasteiger partial charge in [0, 0.05) is 30.4 Å². The van der Waals surface area contributed by atoms with Crippen molar-refractivity contribution in [2.75, 3.05) is 5.43 Å². The van der Waals surface area contributed by atoms with Crippen LogP contribution in [0.25, 0.3) is 6.08 Å². The highest BCUT2D eigenvalue weighted by atomic mass is 32.1. The summed E-state index contributed by atoms with van der Waals surface area (Å²) in [7, 11) is 0. The van der Waals surface area contributed by atoms with E-state index in [-0.39, 0.29) is 11.7 Å². The van der Waals surface area contributed by atoms with Gasteiger partial charge < -0.3 is 5.11 Å². The Hall–Kier alpha value is -4.05. The van der Waals surface area contributed by atoms with Crippen molar-refractivity contribution in [1.29, 1.82) is 0 Å². The van der Waals surface area contributed by atoms with Crippen LogP contribution >= 0.6 is 11.3 Å². The number of hydrogen-bond donors (Lipinski definition) is 4. The molecular weight excluding hydrogens is 416 g/mol. The van der Waals surface area contributed by atoms with E-state index >= 15 is 0 Å². The van der Waals surface area contributed by atoms with E-state index < -0.39 is 5.91 Å². The molecule has 3 aromatic rings. The molecule has 9 nitrogen and oxygen atoms in total. The van der Waals surface area contributed by atoms with Crippen LogP contribution in [0.2, 0.25) is 0 Å². The number of aromatic nitrogens is 2. The summed E-state index contributed by atoms with van der Waals surface area (Å²) in [6.07, 6.45) is 6.40. The fourth-order valence-corrected chi connectivity index (χ4v) is 3.36. The van der Waals surface area contributed by atoms with Crippen molar-refractivity contribution in [3.63, 3.8) is 0 Å². The second-order valence-corrected chi connectivity index (χ2v) is 7.30. The van der Waals surface area contributed by atoms with Gasteiger partial charge in [-0.3, -0.25) is 25.4 Å². The first-order valence-corrected chi connectivity index (χ1v) is 10.00. The number of nitrogens with zero attached hydrogens (tertiary/aromatic N) is 3. The zero-order valence-corrected chi connectivity index (χ0v) is 17.6. The van der Waals surface area contributed by atoms with E-state index in [0.717, 1.165) is 0 Å². The fraction of sp³-hybridized carbons (Fsp3) is 0.0952. The largest absolute Gasteiger partial charge is 0.507 e. The van der Waals surface area contributed by atoms with Gasteiger partial charge in [0.05, 0.1) is 10.6 Å². The van der Waals surface area contributed by atoms with Crippen LogP contribution in [-0.4, -0.2) is 32.6 Å². The van der Waals surface area contributed by atoms with Crippen LogP contribution in [0.1, 0.15) is 33.4 Å². The Morgan fingerprint density at radius 3 is 2.61 bits per heavy atom. The van der Waals surface area contributed by atoms with E-state index in [4.69, 9.17) is 0 Å². The average molecular weight is 436 g/mol. The summed E-state index contributed by atoms with van der Waals surface area (Å²) in [5.41, 5.74) is 9.81. The maximum Gasteiger partial charge on any atom is 0.271 e. The highest BCUT2D eigenvalue weighted by molar-refractivity contribution is 7.17. The Morgan fingerprint density at radius 2 is 1.90 bits per heavy atom. The molecule has 0 aliphatic carbocycles. The second kappa shape index (κ2) is 10.1. The predicted octanol–water partition coefficient (Wildman–Crippen LogP) is 2.86. The molecule has 0 fully saturated rings. The topological polar surface area (TPSA) is 129 Å². The number of phenolic OH excluding ortho intramolecular Hbond substituents is 1. The molecule has 0 saturated heterocycles. The molecule has 2 heterocycles. The first-order valence-electron chi connectivity index (χ1n) is 9.18. The smallest absolute Gasteiger partial charge is 0.271 e. The third-order valence-corrected chi connectivity index (χ3v) is 5.05. The van der Waals surface area contributed by atoms with Crippen molar-refractivity contribution >= 4 is 40.1 Å². The van der Waals surface area contributed by atoms with Crippen LogP contribution in [0.4, 0.5) is 5.13 Å². The number of benzene rings is 1. The third kappa shape index (κ3) is 5.97. The number of hydrazone groups is 1. The lowest BCUT2D eigenvalue weighted by atomic mass is 10.1. The van der Waals surface area contributed by atoms with Crippen LogP contribution < -0.4 is 16.3 Å². The lowest BCUT2D eigenvalue weighted by Crippen LogP contribution is -2.26. The summed E-state index contributed by atoms with van der Waals surface area (Å²) in [6.45, 7) is 3.17. The van der Waals surface area contributed by atoms with E-state index in [1.165, 1.54) is 30.7 Å². The number of pyridine rings is 1. The minimum absolute atomic E-state index is 0.118. The number of phenols is 1. The Bertz CT molecular complexity index is 1140. The molecule has 0 atom stereocenters. The molecule has 2 aromatic heterocycles.